The van der Waals surface area contributed by atoms with E-state index in [0.29, 0.717) is 0 Å². The van der Waals surface area contributed by atoms with Crippen LogP contribution in [0.3, 0.4) is 0 Å². The summed E-state index contributed by atoms with van der Waals surface area (Å²) in [5.41, 5.74) is 6.99. The molecule has 0 aliphatic carbocycles. The number of hydrogen-bond donors (Lipinski definition) is 0. The Labute approximate surface area is 110 Å². The van der Waals surface area contributed by atoms with Gasteiger partial charge in [0.25, 0.3) is 0 Å². The molecule has 0 aromatic carbocycles. The highest BCUT2D eigenvalue weighted by Crippen LogP contribution is 2.03. The van der Waals surface area contributed by atoms with E-state index in [1.54, 1.807) is 0 Å². The molecule has 0 N–H and O–H groups in total. The van der Waals surface area contributed by atoms with E-state index in [2.05, 4.69) is 42.0 Å². The third-order valence-corrected chi connectivity index (χ3v) is 2.72. The smallest absolute Gasteiger partial charge is 0.0404 e. The van der Waals surface area contributed by atoms with Gasteiger partial charge >= 0.3 is 0 Å². The second kappa shape index (κ2) is 6.29. The molecule has 18 heavy (non-hydrogen) atoms. The number of hydrogen-bond acceptors (Lipinski definition) is 2. The molecule has 0 saturated heterocycles. The largest absolute Gasteiger partial charge is 0.258 e. The molecule has 2 aromatic heterocycles. The molecule has 0 aliphatic rings. The van der Waals surface area contributed by atoms with Gasteiger partial charge in [-0.2, -0.15) is 0 Å². The summed E-state index contributed by atoms with van der Waals surface area (Å²) >= 11 is 0. The lowest BCUT2D eigenvalue weighted by Crippen LogP contribution is -1.87. The molecule has 0 unspecified atom stereocenters. The maximum absolute atomic E-state index is 4.27. The van der Waals surface area contributed by atoms with Gasteiger partial charge < -0.3 is 0 Å². The number of nitrogens with zero attached hydrogens (tertiary/aromatic N) is 2. The van der Waals surface area contributed by atoms with Gasteiger partial charge in [-0.05, 0) is 70.9 Å². The summed E-state index contributed by atoms with van der Waals surface area (Å²) in [7, 11) is 0. The third-order valence-electron chi connectivity index (χ3n) is 2.72. The van der Waals surface area contributed by atoms with Gasteiger partial charge in [0.1, 0.15) is 0 Å². The van der Waals surface area contributed by atoms with Gasteiger partial charge in [0.2, 0.25) is 0 Å². The Kier molecular flexibility index (Phi) is 5.02. The minimum absolute atomic E-state index is 1.10. The van der Waals surface area contributed by atoms with Crippen molar-refractivity contribution in [3.8, 4) is 0 Å². The molecule has 0 bridgehead atoms. The molecule has 0 fully saturated rings. The van der Waals surface area contributed by atoms with E-state index in [1.807, 2.05) is 33.8 Å². The van der Waals surface area contributed by atoms with Gasteiger partial charge in [-0.3, -0.25) is 9.97 Å². The van der Waals surface area contributed by atoms with Crippen molar-refractivity contribution in [3.05, 3.63) is 58.2 Å². The van der Waals surface area contributed by atoms with Crippen molar-refractivity contribution in [1.82, 2.24) is 9.97 Å². The summed E-state index contributed by atoms with van der Waals surface area (Å²) in [6, 6.07) is 8.28. The Hall–Kier alpha value is -1.70. The first kappa shape index (κ1) is 14.4. The minimum atomic E-state index is 1.10. The number of aryl methyl sites for hydroxylation is 6. The van der Waals surface area contributed by atoms with Crippen molar-refractivity contribution in [2.45, 2.75) is 41.5 Å². The molecule has 0 atom stereocenters. The van der Waals surface area contributed by atoms with Gasteiger partial charge in [-0.15, -0.1) is 0 Å². The predicted molar refractivity (Wildman–Crippen MR) is 76.9 cm³/mol. The van der Waals surface area contributed by atoms with Gasteiger partial charge in [0.05, 0.1) is 0 Å². The molecule has 2 heterocycles. The maximum atomic E-state index is 4.27. The topological polar surface area (TPSA) is 25.8 Å². The standard InChI is InChI=1S/2C8H11N/c1-6-4-7(2)9-8(3)5-6;1-6-4-5-7(2)9-8(6)3/h2*4-5H,1-3H3. The molecule has 0 spiro atoms. The molecule has 2 nitrogen and oxygen atoms in total. The molecule has 96 valence electrons. The normalized spacial score (nSPS) is 9.67. The SMILES string of the molecule is Cc1cc(C)nc(C)c1.Cc1ccc(C)c(C)n1. The summed E-state index contributed by atoms with van der Waals surface area (Å²) < 4.78 is 0. The highest BCUT2D eigenvalue weighted by atomic mass is 14.7. The molecule has 0 amide bonds. The minimum Gasteiger partial charge on any atom is -0.258 e. The van der Waals surface area contributed by atoms with E-state index in [1.165, 1.54) is 11.1 Å². The van der Waals surface area contributed by atoms with Crippen molar-refractivity contribution in [2.24, 2.45) is 0 Å². The van der Waals surface area contributed by atoms with Crippen LogP contribution in [0.15, 0.2) is 24.3 Å². The fraction of sp³-hybridized carbons (Fsp3) is 0.375. The van der Waals surface area contributed by atoms with Crippen molar-refractivity contribution in [3.63, 3.8) is 0 Å². The van der Waals surface area contributed by atoms with E-state index in [0.717, 1.165) is 22.8 Å². The van der Waals surface area contributed by atoms with Crippen LogP contribution in [-0.4, -0.2) is 9.97 Å². The Morgan fingerprint density at radius 3 is 1.61 bits per heavy atom. The second-order valence-corrected chi connectivity index (χ2v) is 4.78. The average Bonchev–Trinajstić information content (AvgIpc) is 2.23. The predicted octanol–water partition coefficient (Wildman–Crippen LogP) is 4.01. The third kappa shape index (κ3) is 4.66. The maximum Gasteiger partial charge on any atom is 0.0404 e. The Bertz CT molecular complexity index is 480. The summed E-state index contributed by atoms with van der Waals surface area (Å²) in [5.74, 6) is 0. The highest BCUT2D eigenvalue weighted by Gasteiger charge is 1.90. The van der Waals surface area contributed by atoms with Crippen molar-refractivity contribution in [1.29, 1.82) is 0 Å². The van der Waals surface area contributed by atoms with Gasteiger partial charge in [-0.1, -0.05) is 6.07 Å². The molecule has 2 aromatic rings. The fourth-order valence-corrected chi connectivity index (χ4v) is 1.80. The Morgan fingerprint density at radius 2 is 1.22 bits per heavy atom. The number of aromatic nitrogens is 2. The van der Waals surface area contributed by atoms with Gasteiger partial charge in [-0.25, -0.2) is 0 Å². The van der Waals surface area contributed by atoms with E-state index >= 15 is 0 Å². The van der Waals surface area contributed by atoms with Crippen molar-refractivity contribution >= 4 is 0 Å². The summed E-state index contributed by atoms with van der Waals surface area (Å²) in [6.07, 6.45) is 0. The summed E-state index contributed by atoms with van der Waals surface area (Å²) in [5, 5.41) is 0. The highest BCUT2D eigenvalue weighted by molar-refractivity contribution is 5.19. The van der Waals surface area contributed by atoms with E-state index < -0.39 is 0 Å². The van der Waals surface area contributed by atoms with E-state index in [9.17, 15) is 0 Å². The molecule has 2 heteroatoms. The van der Waals surface area contributed by atoms with Crippen molar-refractivity contribution < 1.29 is 0 Å². The molecular weight excluding hydrogens is 220 g/mol. The van der Waals surface area contributed by atoms with Crippen LogP contribution < -0.4 is 0 Å². The first-order valence-corrected chi connectivity index (χ1v) is 6.21. The average molecular weight is 242 g/mol. The first-order chi connectivity index (χ1) is 8.38. The second-order valence-electron chi connectivity index (χ2n) is 4.78. The molecule has 0 radical (unpaired) electrons. The van der Waals surface area contributed by atoms with Crippen LogP contribution in [0, 0.1) is 41.5 Å². The first-order valence-electron chi connectivity index (χ1n) is 6.21. The fourth-order valence-electron chi connectivity index (χ4n) is 1.80. The van der Waals surface area contributed by atoms with Crippen LogP contribution in [0.25, 0.3) is 0 Å². The molecule has 2 rings (SSSR count). The van der Waals surface area contributed by atoms with Crippen LogP contribution in [0.2, 0.25) is 0 Å². The van der Waals surface area contributed by atoms with Crippen LogP contribution in [0.1, 0.15) is 33.9 Å². The molecule has 0 aliphatic heterocycles. The molecular formula is C16H22N2. The van der Waals surface area contributed by atoms with Crippen LogP contribution in [0.5, 0.6) is 0 Å². The van der Waals surface area contributed by atoms with Gasteiger partial charge in [0.15, 0.2) is 0 Å². The zero-order chi connectivity index (χ0) is 13.7. The number of pyridine rings is 2. The molecule has 0 saturated carbocycles. The monoisotopic (exact) mass is 242 g/mol. The lowest BCUT2D eigenvalue weighted by Gasteiger charge is -1.97. The lowest BCUT2D eigenvalue weighted by molar-refractivity contribution is 1.09. The zero-order valence-electron chi connectivity index (χ0n) is 12.2. The number of rotatable bonds is 0. The van der Waals surface area contributed by atoms with Gasteiger partial charge in [0, 0.05) is 22.8 Å². The van der Waals surface area contributed by atoms with Crippen LogP contribution >= 0.6 is 0 Å². The summed E-state index contributed by atoms with van der Waals surface area (Å²) in [6.45, 7) is 12.2. The van der Waals surface area contributed by atoms with Crippen molar-refractivity contribution in [2.75, 3.05) is 0 Å². The zero-order valence-corrected chi connectivity index (χ0v) is 12.2. The lowest BCUT2D eigenvalue weighted by atomic mass is 10.2. The summed E-state index contributed by atoms with van der Waals surface area (Å²) in [4.78, 5) is 8.51. The van der Waals surface area contributed by atoms with Crippen LogP contribution in [-0.2, 0) is 0 Å². The Morgan fingerprint density at radius 1 is 0.667 bits per heavy atom. The Balaban J connectivity index is 0.000000180. The van der Waals surface area contributed by atoms with E-state index in [4.69, 9.17) is 0 Å². The quantitative estimate of drug-likeness (QED) is 0.697. The van der Waals surface area contributed by atoms with Crippen LogP contribution in [0.4, 0.5) is 0 Å². The van der Waals surface area contributed by atoms with E-state index in [-0.39, 0.29) is 0 Å².